The molecule has 0 radical (unpaired) electrons. The lowest BCUT2D eigenvalue weighted by molar-refractivity contribution is 0.242. The van der Waals surface area contributed by atoms with Crippen molar-refractivity contribution < 1.29 is 9.26 Å². The first-order valence-electron chi connectivity index (χ1n) is 7.45. The van der Waals surface area contributed by atoms with Crippen molar-refractivity contribution >= 4 is 11.6 Å². The zero-order valence-corrected chi connectivity index (χ0v) is 13.7. The predicted octanol–water partition coefficient (Wildman–Crippen LogP) is 4.77. The number of hydrogen-bond acceptors (Lipinski definition) is 4. The zero-order chi connectivity index (χ0) is 16.2. The number of aromatic nitrogens is 2. The second-order valence-corrected chi connectivity index (χ2v) is 5.89. The fraction of sp³-hybridized carbons (Fsp3) is 0.222. The first-order chi connectivity index (χ1) is 11.1. The number of rotatable bonds is 5. The number of benzene rings is 2. The highest BCUT2D eigenvalue weighted by Gasteiger charge is 2.12. The van der Waals surface area contributed by atoms with Crippen molar-refractivity contribution in [3.8, 4) is 17.1 Å². The molecule has 23 heavy (non-hydrogen) atoms. The molecule has 0 amide bonds. The molecule has 3 rings (SSSR count). The molecule has 0 saturated heterocycles. The number of halogens is 1. The van der Waals surface area contributed by atoms with Crippen molar-refractivity contribution in [1.82, 2.24) is 10.1 Å². The average Bonchev–Trinajstić information content (AvgIpc) is 2.98. The molecule has 0 aliphatic heterocycles. The number of ether oxygens (including phenoxy) is 1. The summed E-state index contributed by atoms with van der Waals surface area (Å²) in [6.45, 7) is 3.92. The number of hydrogen-bond donors (Lipinski definition) is 0. The van der Waals surface area contributed by atoms with E-state index in [0.29, 0.717) is 28.9 Å². The standard InChI is InChI=1S/C18H17ClN2O2/c1-12(2)22-16-9-8-14(11-15(16)19)18-20-17(23-21-18)10-13-6-4-3-5-7-13/h3-9,11-12H,10H2,1-2H3. The van der Waals surface area contributed by atoms with Gasteiger partial charge < -0.3 is 9.26 Å². The van der Waals surface area contributed by atoms with Gasteiger partial charge in [0.2, 0.25) is 11.7 Å². The average molecular weight is 329 g/mol. The van der Waals surface area contributed by atoms with Crippen LogP contribution in [0, 0.1) is 0 Å². The molecule has 0 saturated carbocycles. The Morgan fingerprint density at radius 2 is 1.91 bits per heavy atom. The zero-order valence-electron chi connectivity index (χ0n) is 13.0. The van der Waals surface area contributed by atoms with Gasteiger partial charge in [0.1, 0.15) is 5.75 Å². The maximum Gasteiger partial charge on any atom is 0.231 e. The molecule has 118 valence electrons. The summed E-state index contributed by atoms with van der Waals surface area (Å²) in [5.41, 5.74) is 1.93. The van der Waals surface area contributed by atoms with E-state index in [1.807, 2.05) is 56.3 Å². The van der Waals surface area contributed by atoms with Crippen LogP contribution < -0.4 is 4.74 Å². The van der Waals surface area contributed by atoms with Crippen LogP contribution in [0.2, 0.25) is 5.02 Å². The van der Waals surface area contributed by atoms with E-state index >= 15 is 0 Å². The largest absolute Gasteiger partial charge is 0.489 e. The van der Waals surface area contributed by atoms with E-state index in [0.717, 1.165) is 11.1 Å². The van der Waals surface area contributed by atoms with Gasteiger partial charge >= 0.3 is 0 Å². The topological polar surface area (TPSA) is 48.2 Å². The lowest BCUT2D eigenvalue weighted by atomic mass is 10.1. The van der Waals surface area contributed by atoms with Crippen molar-refractivity contribution in [2.45, 2.75) is 26.4 Å². The van der Waals surface area contributed by atoms with E-state index in [2.05, 4.69) is 10.1 Å². The minimum atomic E-state index is 0.0704. The maximum atomic E-state index is 6.25. The molecule has 0 atom stereocenters. The molecule has 0 spiro atoms. The van der Waals surface area contributed by atoms with Crippen LogP contribution in [0.15, 0.2) is 53.1 Å². The van der Waals surface area contributed by atoms with Gasteiger partial charge in [0.25, 0.3) is 0 Å². The third-order valence-corrected chi connectivity index (χ3v) is 3.51. The molecule has 0 fully saturated rings. The summed E-state index contributed by atoms with van der Waals surface area (Å²) in [6, 6.07) is 15.5. The van der Waals surface area contributed by atoms with E-state index in [-0.39, 0.29) is 6.10 Å². The molecule has 5 heteroatoms. The van der Waals surface area contributed by atoms with Gasteiger partial charge in [-0.25, -0.2) is 0 Å². The van der Waals surface area contributed by atoms with Crippen LogP contribution in [-0.4, -0.2) is 16.2 Å². The molecular formula is C18H17ClN2O2. The van der Waals surface area contributed by atoms with Gasteiger partial charge in [-0.1, -0.05) is 47.1 Å². The van der Waals surface area contributed by atoms with Crippen molar-refractivity contribution in [3.63, 3.8) is 0 Å². The van der Waals surface area contributed by atoms with Crippen LogP contribution >= 0.6 is 11.6 Å². The fourth-order valence-electron chi connectivity index (χ4n) is 2.20. The van der Waals surface area contributed by atoms with Crippen molar-refractivity contribution in [2.24, 2.45) is 0 Å². The molecule has 4 nitrogen and oxygen atoms in total. The molecule has 2 aromatic carbocycles. The normalized spacial score (nSPS) is 11.0. The highest BCUT2D eigenvalue weighted by Crippen LogP contribution is 2.30. The molecule has 0 N–H and O–H groups in total. The molecule has 0 bridgehead atoms. The molecule has 0 unspecified atom stereocenters. The minimum absolute atomic E-state index is 0.0704. The molecule has 3 aromatic rings. The van der Waals surface area contributed by atoms with E-state index in [9.17, 15) is 0 Å². The Labute approximate surface area is 140 Å². The Hall–Kier alpha value is -2.33. The van der Waals surface area contributed by atoms with Crippen LogP contribution in [0.5, 0.6) is 5.75 Å². The van der Waals surface area contributed by atoms with Gasteiger partial charge in [-0.05, 0) is 37.6 Å². The van der Waals surface area contributed by atoms with E-state index in [4.69, 9.17) is 20.9 Å². The van der Waals surface area contributed by atoms with Gasteiger partial charge in [0.15, 0.2) is 0 Å². The SMILES string of the molecule is CC(C)Oc1ccc(-c2noc(Cc3ccccc3)n2)cc1Cl. The van der Waals surface area contributed by atoms with E-state index in [1.165, 1.54) is 0 Å². The Morgan fingerprint density at radius 1 is 1.13 bits per heavy atom. The van der Waals surface area contributed by atoms with Crippen LogP contribution in [-0.2, 0) is 6.42 Å². The first kappa shape index (κ1) is 15.6. The lowest BCUT2D eigenvalue weighted by Crippen LogP contribution is -2.05. The van der Waals surface area contributed by atoms with E-state index in [1.54, 1.807) is 6.07 Å². The van der Waals surface area contributed by atoms with Gasteiger partial charge in [-0.2, -0.15) is 4.98 Å². The molecule has 1 heterocycles. The van der Waals surface area contributed by atoms with Crippen LogP contribution in [0.3, 0.4) is 0 Å². The van der Waals surface area contributed by atoms with Crippen LogP contribution in [0.4, 0.5) is 0 Å². The Kier molecular flexibility index (Phi) is 4.63. The van der Waals surface area contributed by atoms with Crippen LogP contribution in [0.25, 0.3) is 11.4 Å². The van der Waals surface area contributed by atoms with Crippen molar-refractivity contribution in [3.05, 3.63) is 65.0 Å². The molecular weight excluding hydrogens is 312 g/mol. The predicted molar refractivity (Wildman–Crippen MR) is 89.8 cm³/mol. The van der Waals surface area contributed by atoms with Gasteiger partial charge in [-0.3, -0.25) is 0 Å². The third kappa shape index (κ3) is 3.90. The Morgan fingerprint density at radius 3 is 2.61 bits per heavy atom. The summed E-state index contributed by atoms with van der Waals surface area (Å²) in [5, 5.41) is 4.56. The second-order valence-electron chi connectivity index (χ2n) is 5.49. The molecule has 1 aromatic heterocycles. The van der Waals surface area contributed by atoms with Gasteiger partial charge in [-0.15, -0.1) is 0 Å². The van der Waals surface area contributed by atoms with Crippen LogP contribution in [0.1, 0.15) is 25.3 Å². The number of nitrogens with zero attached hydrogens (tertiary/aromatic N) is 2. The lowest BCUT2D eigenvalue weighted by Gasteiger charge is -2.11. The summed E-state index contributed by atoms with van der Waals surface area (Å²) < 4.78 is 10.9. The fourth-order valence-corrected chi connectivity index (χ4v) is 2.43. The molecule has 0 aliphatic rings. The molecule has 0 aliphatic carbocycles. The summed E-state index contributed by atoms with van der Waals surface area (Å²) >= 11 is 6.25. The summed E-state index contributed by atoms with van der Waals surface area (Å²) in [4.78, 5) is 4.43. The quantitative estimate of drug-likeness (QED) is 0.677. The highest BCUT2D eigenvalue weighted by atomic mass is 35.5. The highest BCUT2D eigenvalue weighted by molar-refractivity contribution is 6.32. The second kappa shape index (κ2) is 6.84. The minimum Gasteiger partial charge on any atom is -0.489 e. The van der Waals surface area contributed by atoms with Gasteiger partial charge in [0, 0.05) is 5.56 Å². The monoisotopic (exact) mass is 328 g/mol. The Bertz CT molecular complexity index is 785. The maximum absolute atomic E-state index is 6.25. The summed E-state index contributed by atoms with van der Waals surface area (Å²) in [5.74, 6) is 1.75. The smallest absolute Gasteiger partial charge is 0.231 e. The third-order valence-electron chi connectivity index (χ3n) is 3.22. The van der Waals surface area contributed by atoms with Crippen molar-refractivity contribution in [1.29, 1.82) is 0 Å². The summed E-state index contributed by atoms with van der Waals surface area (Å²) in [6.07, 6.45) is 0.678. The Balaban J connectivity index is 1.79. The first-order valence-corrected chi connectivity index (χ1v) is 7.82. The van der Waals surface area contributed by atoms with Crippen molar-refractivity contribution in [2.75, 3.05) is 0 Å². The summed E-state index contributed by atoms with van der Waals surface area (Å²) in [7, 11) is 0. The van der Waals surface area contributed by atoms with E-state index < -0.39 is 0 Å². The van der Waals surface area contributed by atoms with Gasteiger partial charge in [0.05, 0.1) is 17.5 Å².